The Balaban J connectivity index is 1.78. The number of unbranched alkanes of at least 4 members (excludes halogenated alkanes) is 4. The Labute approximate surface area is 174 Å². The number of amides is 1. The van der Waals surface area contributed by atoms with Gasteiger partial charge in [-0.05, 0) is 30.7 Å². The summed E-state index contributed by atoms with van der Waals surface area (Å²) in [6.45, 7) is 7.10. The zero-order chi connectivity index (χ0) is 20.7. The smallest absolute Gasteiger partial charge is 0.243 e. The molecular formula is C24H32N2O3. The summed E-state index contributed by atoms with van der Waals surface area (Å²) in [7, 11) is 0. The summed E-state index contributed by atoms with van der Waals surface area (Å²) in [5, 5.41) is 6.01. The number of ether oxygens (including phenoxy) is 2. The summed E-state index contributed by atoms with van der Waals surface area (Å²) in [4.78, 5) is 12.3. The van der Waals surface area contributed by atoms with Crippen molar-refractivity contribution >= 4 is 17.3 Å². The van der Waals surface area contributed by atoms with E-state index in [9.17, 15) is 4.79 Å². The zero-order valence-corrected chi connectivity index (χ0v) is 17.3. The normalized spacial score (nSPS) is 10.2. The maximum atomic E-state index is 12.3. The van der Waals surface area contributed by atoms with E-state index in [1.807, 2.05) is 48.5 Å². The lowest BCUT2D eigenvalue weighted by Gasteiger charge is -2.13. The molecule has 0 atom stereocenters. The minimum Gasteiger partial charge on any atom is -0.494 e. The molecule has 5 heteroatoms. The average Bonchev–Trinajstić information content (AvgIpc) is 2.74. The molecule has 0 saturated heterocycles. The van der Waals surface area contributed by atoms with Gasteiger partial charge < -0.3 is 20.1 Å². The SMILES string of the molecule is C=CCOc1ccccc1NC(=O)CNc1cccc(OCCCCCCC)c1. The summed E-state index contributed by atoms with van der Waals surface area (Å²) in [6, 6.07) is 15.0. The fraction of sp³-hybridized carbons (Fsp3) is 0.375. The van der Waals surface area contributed by atoms with Crippen LogP contribution in [0.3, 0.4) is 0 Å². The summed E-state index contributed by atoms with van der Waals surface area (Å²) < 4.78 is 11.4. The van der Waals surface area contributed by atoms with Crippen molar-refractivity contribution in [2.24, 2.45) is 0 Å². The van der Waals surface area contributed by atoms with Gasteiger partial charge in [-0.25, -0.2) is 0 Å². The summed E-state index contributed by atoms with van der Waals surface area (Å²) in [5.74, 6) is 1.28. The van der Waals surface area contributed by atoms with E-state index in [1.54, 1.807) is 6.08 Å². The van der Waals surface area contributed by atoms with Gasteiger partial charge in [0.05, 0.1) is 18.8 Å². The third-order valence-electron chi connectivity index (χ3n) is 4.32. The van der Waals surface area contributed by atoms with E-state index in [4.69, 9.17) is 9.47 Å². The van der Waals surface area contributed by atoms with Crippen LogP contribution in [0.15, 0.2) is 61.2 Å². The first-order valence-electron chi connectivity index (χ1n) is 10.3. The fourth-order valence-electron chi connectivity index (χ4n) is 2.81. The molecule has 1 amide bonds. The maximum absolute atomic E-state index is 12.3. The number of carbonyl (C=O) groups excluding carboxylic acids is 1. The van der Waals surface area contributed by atoms with Crippen LogP contribution in [-0.4, -0.2) is 25.7 Å². The van der Waals surface area contributed by atoms with Gasteiger partial charge >= 0.3 is 0 Å². The van der Waals surface area contributed by atoms with E-state index in [0.29, 0.717) is 18.0 Å². The van der Waals surface area contributed by atoms with E-state index in [0.717, 1.165) is 24.5 Å². The summed E-state index contributed by atoms with van der Waals surface area (Å²) >= 11 is 0. The van der Waals surface area contributed by atoms with Crippen molar-refractivity contribution in [3.05, 3.63) is 61.2 Å². The first-order valence-corrected chi connectivity index (χ1v) is 10.3. The lowest BCUT2D eigenvalue weighted by Crippen LogP contribution is -2.22. The number of carbonyl (C=O) groups is 1. The standard InChI is InChI=1S/C24H32N2O3/c1-3-5-6-7-10-17-28-21-13-11-12-20(18-21)25-19-24(27)26-22-14-8-9-15-23(22)29-16-4-2/h4,8-9,11-15,18,25H,2-3,5-7,10,16-17,19H2,1H3,(H,26,27). The Hall–Kier alpha value is -2.95. The van der Waals surface area contributed by atoms with E-state index in [-0.39, 0.29) is 12.5 Å². The van der Waals surface area contributed by atoms with Crippen LogP contribution in [0, 0.1) is 0 Å². The van der Waals surface area contributed by atoms with Gasteiger partial charge in [-0.2, -0.15) is 0 Å². The van der Waals surface area contributed by atoms with Crippen molar-refractivity contribution in [2.75, 3.05) is 30.4 Å². The van der Waals surface area contributed by atoms with Crippen LogP contribution >= 0.6 is 0 Å². The van der Waals surface area contributed by atoms with E-state index in [1.165, 1.54) is 25.7 Å². The second-order valence-corrected chi connectivity index (χ2v) is 6.79. The predicted octanol–water partition coefficient (Wildman–Crippen LogP) is 5.65. The molecule has 0 aliphatic carbocycles. The first-order chi connectivity index (χ1) is 14.2. The minimum absolute atomic E-state index is 0.149. The molecule has 0 unspecified atom stereocenters. The number of anilines is 2. The van der Waals surface area contributed by atoms with Crippen molar-refractivity contribution in [2.45, 2.75) is 39.0 Å². The van der Waals surface area contributed by atoms with Crippen molar-refractivity contribution in [1.82, 2.24) is 0 Å². The lowest BCUT2D eigenvalue weighted by molar-refractivity contribution is -0.114. The molecule has 2 rings (SSSR count). The molecule has 0 aliphatic rings. The van der Waals surface area contributed by atoms with E-state index < -0.39 is 0 Å². The van der Waals surface area contributed by atoms with Crippen LogP contribution in [0.5, 0.6) is 11.5 Å². The van der Waals surface area contributed by atoms with E-state index >= 15 is 0 Å². The molecular weight excluding hydrogens is 364 g/mol. The second-order valence-electron chi connectivity index (χ2n) is 6.79. The van der Waals surface area contributed by atoms with Gasteiger partial charge in [-0.15, -0.1) is 0 Å². The number of nitrogens with one attached hydrogen (secondary N) is 2. The molecule has 0 radical (unpaired) electrons. The lowest BCUT2D eigenvalue weighted by atomic mass is 10.2. The molecule has 0 saturated carbocycles. The number of benzene rings is 2. The van der Waals surface area contributed by atoms with Crippen LogP contribution in [0.25, 0.3) is 0 Å². The van der Waals surface area contributed by atoms with Gasteiger partial charge in [0.15, 0.2) is 0 Å². The third-order valence-corrected chi connectivity index (χ3v) is 4.32. The quantitative estimate of drug-likeness (QED) is 0.320. The van der Waals surface area contributed by atoms with Gasteiger partial charge in [-0.3, -0.25) is 4.79 Å². The Morgan fingerprint density at radius 3 is 2.69 bits per heavy atom. The Morgan fingerprint density at radius 2 is 1.86 bits per heavy atom. The molecule has 29 heavy (non-hydrogen) atoms. The Morgan fingerprint density at radius 1 is 1.03 bits per heavy atom. The van der Waals surface area contributed by atoms with Gasteiger partial charge in [0.2, 0.25) is 5.91 Å². The van der Waals surface area contributed by atoms with Gasteiger partial charge in [-0.1, -0.05) is 63.5 Å². The highest BCUT2D eigenvalue weighted by molar-refractivity contribution is 5.95. The highest BCUT2D eigenvalue weighted by Crippen LogP contribution is 2.24. The Kier molecular flexibility index (Phi) is 10.2. The highest BCUT2D eigenvalue weighted by Gasteiger charge is 2.07. The first kappa shape index (κ1) is 22.3. The second kappa shape index (κ2) is 13.3. The topological polar surface area (TPSA) is 59.6 Å². The van der Waals surface area contributed by atoms with Crippen LogP contribution in [0.4, 0.5) is 11.4 Å². The van der Waals surface area contributed by atoms with Crippen LogP contribution in [-0.2, 0) is 4.79 Å². The van der Waals surface area contributed by atoms with Crippen molar-refractivity contribution < 1.29 is 14.3 Å². The molecule has 0 spiro atoms. The molecule has 0 aromatic heterocycles. The molecule has 0 heterocycles. The van der Waals surface area contributed by atoms with Crippen molar-refractivity contribution in [1.29, 1.82) is 0 Å². The van der Waals surface area contributed by atoms with Crippen molar-refractivity contribution in [3.8, 4) is 11.5 Å². The maximum Gasteiger partial charge on any atom is 0.243 e. The predicted molar refractivity (Wildman–Crippen MR) is 120 cm³/mol. The molecule has 2 aromatic rings. The molecule has 0 aliphatic heterocycles. The summed E-state index contributed by atoms with van der Waals surface area (Å²) in [6.07, 6.45) is 7.72. The van der Waals surface area contributed by atoms with Crippen molar-refractivity contribution in [3.63, 3.8) is 0 Å². The van der Waals surface area contributed by atoms with E-state index in [2.05, 4.69) is 24.1 Å². The van der Waals surface area contributed by atoms with Gasteiger partial charge in [0.1, 0.15) is 18.1 Å². The highest BCUT2D eigenvalue weighted by atomic mass is 16.5. The zero-order valence-electron chi connectivity index (χ0n) is 17.3. The van der Waals surface area contributed by atoms with Gasteiger partial charge in [0.25, 0.3) is 0 Å². The molecule has 0 fully saturated rings. The van der Waals surface area contributed by atoms with Crippen LogP contribution in [0.1, 0.15) is 39.0 Å². The van der Waals surface area contributed by atoms with Crippen LogP contribution in [0.2, 0.25) is 0 Å². The number of hydrogen-bond acceptors (Lipinski definition) is 4. The summed E-state index contributed by atoms with van der Waals surface area (Å²) in [5.41, 5.74) is 1.49. The fourth-order valence-corrected chi connectivity index (χ4v) is 2.81. The molecule has 2 aromatic carbocycles. The number of rotatable bonds is 14. The average molecular weight is 397 g/mol. The Bertz CT molecular complexity index is 761. The third kappa shape index (κ3) is 8.73. The minimum atomic E-state index is -0.151. The molecule has 5 nitrogen and oxygen atoms in total. The molecule has 2 N–H and O–H groups in total. The largest absolute Gasteiger partial charge is 0.494 e. The monoisotopic (exact) mass is 396 g/mol. The molecule has 0 bridgehead atoms. The van der Waals surface area contributed by atoms with Gasteiger partial charge in [0, 0.05) is 11.8 Å². The number of para-hydroxylation sites is 2. The molecule has 156 valence electrons. The van der Waals surface area contributed by atoms with Crippen LogP contribution < -0.4 is 20.1 Å². The number of hydrogen-bond donors (Lipinski definition) is 2.